The van der Waals surface area contributed by atoms with E-state index in [0.29, 0.717) is 15.6 Å². The molecule has 0 aliphatic rings. The van der Waals surface area contributed by atoms with Crippen LogP contribution in [0.25, 0.3) is 0 Å². The molecule has 1 nitrogen and oxygen atoms in total. The van der Waals surface area contributed by atoms with Gasteiger partial charge in [0, 0.05) is 5.88 Å². The van der Waals surface area contributed by atoms with Crippen LogP contribution in [0.4, 0.5) is 4.39 Å². The Bertz CT molecular complexity index is 606. The second-order valence-electron chi connectivity index (χ2n) is 4.39. The van der Waals surface area contributed by atoms with Gasteiger partial charge in [0.25, 0.3) is 0 Å². The smallest absolute Gasteiger partial charge is 0.165 e. The van der Waals surface area contributed by atoms with Gasteiger partial charge in [-0.05, 0) is 41.8 Å². The summed E-state index contributed by atoms with van der Waals surface area (Å²) in [6.07, 6.45) is 0. The van der Waals surface area contributed by atoms with Crippen molar-refractivity contribution in [3.63, 3.8) is 0 Å². The van der Waals surface area contributed by atoms with E-state index < -0.39 is 5.82 Å². The van der Waals surface area contributed by atoms with Gasteiger partial charge in [-0.3, -0.25) is 0 Å². The summed E-state index contributed by atoms with van der Waals surface area (Å²) in [4.78, 5) is 0. The van der Waals surface area contributed by atoms with Crippen LogP contribution in [0.1, 0.15) is 16.7 Å². The molecule has 0 radical (unpaired) electrons. The van der Waals surface area contributed by atoms with Crippen molar-refractivity contribution in [2.24, 2.45) is 0 Å². The van der Waals surface area contributed by atoms with Crippen LogP contribution < -0.4 is 4.74 Å². The van der Waals surface area contributed by atoms with Crippen LogP contribution in [0.3, 0.4) is 0 Å². The summed E-state index contributed by atoms with van der Waals surface area (Å²) in [5, 5.41) is 0.923. The van der Waals surface area contributed by atoms with Gasteiger partial charge in [-0.25, -0.2) is 4.39 Å². The number of hydrogen-bond acceptors (Lipinski definition) is 1. The van der Waals surface area contributed by atoms with Crippen LogP contribution >= 0.6 is 34.8 Å². The molecule has 0 aromatic heterocycles. The van der Waals surface area contributed by atoms with Crippen molar-refractivity contribution in [1.29, 1.82) is 0 Å². The maximum absolute atomic E-state index is 13.9. The lowest BCUT2D eigenvalue weighted by molar-refractivity contribution is 0.288. The zero-order valence-corrected chi connectivity index (χ0v) is 13.0. The fourth-order valence-electron chi connectivity index (χ4n) is 1.85. The third-order valence-electron chi connectivity index (χ3n) is 2.81. The molecule has 0 spiro atoms. The third-order valence-corrected chi connectivity index (χ3v) is 3.86. The molecule has 0 amide bonds. The molecule has 106 valence electrons. The molecule has 5 heteroatoms. The van der Waals surface area contributed by atoms with Gasteiger partial charge in [-0.1, -0.05) is 35.3 Å². The first-order valence-corrected chi connectivity index (χ1v) is 7.22. The fraction of sp³-hybridized carbons (Fsp3) is 0.200. The molecule has 0 bridgehead atoms. The number of halogens is 4. The van der Waals surface area contributed by atoms with Crippen LogP contribution in [0.2, 0.25) is 10.0 Å². The van der Waals surface area contributed by atoms with Crippen LogP contribution in [0.5, 0.6) is 5.75 Å². The molecule has 20 heavy (non-hydrogen) atoms. The van der Waals surface area contributed by atoms with Gasteiger partial charge in [0.2, 0.25) is 0 Å². The van der Waals surface area contributed by atoms with Crippen LogP contribution in [0.15, 0.2) is 30.3 Å². The Kier molecular flexibility index (Phi) is 5.14. The number of rotatable bonds is 4. The van der Waals surface area contributed by atoms with Crippen molar-refractivity contribution < 1.29 is 9.13 Å². The monoisotopic (exact) mass is 332 g/mol. The molecule has 0 unspecified atom stereocenters. The molecule has 2 aromatic rings. The lowest BCUT2D eigenvalue weighted by Crippen LogP contribution is -2.00. The molecular weight excluding hydrogens is 322 g/mol. The quantitative estimate of drug-likeness (QED) is 0.646. The predicted molar refractivity (Wildman–Crippen MR) is 81.5 cm³/mol. The Morgan fingerprint density at radius 1 is 1.05 bits per heavy atom. The van der Waals surface area contributed by atoms with Crippen molar-refractivity contribution in [2.75, 3.05) is 0 Å². The summed E-state index contributed by atoms with van der Waals surface area (Å²) in [6.45, 7) is 2.00. The van der Waals surface area contributed by atoms with Crippen molar-refractivity contribution in [3.8, 4) is 5.75 Å². The molecule has 0 N–H and O–H groups in total. The van der Waals surface area contributed by atoms with Gasteiger partial charge in [0.05, 0.1) is 10.0 Å². The molecule has 0 aliphatic carbocycles. The predicted octanol–water partition coefficient (Wildman–Crippen LogP) is 5.76. The van der Waals surface area contributed by atoms with E-state index in [1.165, 1.54) is 6.07 Å². The lowest BCUT2D eigenvalue weighted by atomic mass is 10.1. The van der Waals surface area contributed by atoms with E-state index in [1.807, 2.05) is 0 Å². The minimum atomic E-state index is -0.416. The standard InChI is InChI=1S/C15H12Cl3FO/c1-9-4-11(7-16)6-14(19)15(9)20-8-10-2-3-12(17)13(18)5-10/h2-6H,7-8H2,1H3. The molecule has 0 heterocycles. The maximum atomic E-state index is 13.9. The Morgan fingerprint density at radius 3 is 2.40 bits per heavy atom. The number of ether oxygens (including phenoxy) is 1. The summed E-state index contributed by atoms with van der Waals surface area (Å²) in [6, 6.07) is 8.35. The summed E-state index contributed by atoms with van der Waals surface area (Å²) in [5.41, 5.74) is 2.25. The van der Waals surface area contributed by atoms with Crippen molar-refractivity contribution in [3.05, 3.63) is 62.9 Å². The van der Waals surface area contributed by atoms with Crippen LogP contribution in [0, 0.1) is 12.7 Å². The van der Waals surface area contributed by atoms with Gasteiger partial charge in [0.1, 0.15) is 6.61 Å². The highest BCUT2D eigenvalue weighted by Gasteiger charge is 2.10. The summed E-state index contributed by atoms with van der Waals surface area (Å²) in [5.74, 6) is 0.0795. The van der Waals surface area contributed by atoms with E-state index >= 15 is 0 Å². The average molecular weight is 334 g/mol. The molecule has 0 aliphatic heterocycles. The van der Waals surface area contributed by atoms with E-state index in [1.54, 1.807) is 31.2 Å². The number of alkyl halides is 1. The normalized spacial score (nSPS) is 10.7. The Balaban J connectivity index is 2.16. The minimum absolute atomic E-state index is 0.217. The van der Waals surface area contributed by atoms with Gasteiger partial charge in [-0.2, -0.15) is 0 Å². The minimum Gasteiger partial charge on any atom is -0.486 e. The Labute approximate surface area is 132 Å². The maximum Gasteiger partial charge on any atom is 0.165 e. The first-order chi connectivity index (χ1) is 9.51. The van der Waals surface area contributed by atoms with Gasteiger partial charge < -0.3 is 4.74 Å². The van der Waals surface area contributed by atoms with E-state index in [-0.39, 0.29) is 18.2 Å². The molecule has 0 saturated carbocycles. The molecule has 2 rings (SSSR count). The second-order valence-corrected chi connectivity index (χ2v) is 5.48. The molecule has 2 aromatic carbocycles. The molecule has 0 fully saturated rings. The number of hydrogen-bond donors (Lipinski definition) is 0. The third kappa shape index (κ3) is 3.57. The summed E-state index contributed by atoms with van der Waals surface area (Å²) in [7, 11) is 0. The highest BCUT2D eigenvalue weighted by atomic mass is 35.5. The van der Waals surface area contributed by atoms with E-state index in [0.717, 1.165) is 11.1 Å². The van der Waals surface area contributed by atoms with Crippen molar-refractivity contribution in [1.82, 2.24) is 0 Å². The molecule has 0 atom stereocenters. The molecule has 0 saturated heterocycles. The molecular formula is C15H12Cl3FO. The zero-order chi connectivity index (χ0) is 14.7. The van der Waals surface area contributed by atoms with E-state index in [4.69, 9.17) is 39.5 Å². The van der Waals surface area contributed by atoms with Crippen molar-refractivity contribution >= 4 is 34.8 Å². The highest BCUT2D eigenvalue weighted by molar-refractivity contribution is 6.42. The van der Waals surface area contributed by atoms with Gasteiger partial charge >= 0.3 is 0 Å². The first kappa shape index (κ1) is 15.4. The topological polar surface area (TPSA) is 9.23 Å². The average Bonchev–Trinajstić information content (AvgIpc) is 2.41. The van der Waals surface area contributed by atoms with Crippen molar-refractivity contribution in [2.45, 2.75) is 19.4 Å². The number of aryl methyl sites for hydroxylation is 1. The SMILES string of the molecule is Cc1cc(CCl)cc(F)c1OCc1ccc(Cl)c(Cl)c1. The Morgan fingerprint density at radius 2 is 1.80 bits per heavy atom. The fourth-order valence-corrected chi connectivity index (χ4v) is 2.32. The number of benzene rings is 2. The Hall–Kier alpha value is -0.960. The first-order valence-electron chi connectivity index (χ1n) is 5.93. The summed E-state index contributed by atoms with van der Waals surface area (Å²) >= 11 is 17.5. The van der Waals surface area contributed by atoms with Crippen LogP contribution in [-0.4, -0.2) is 0 Å². The van der Waals surface area contributed by atoms with Crippen LogP contribution in [-0.2, 0) is 12.5 Å². The summed E-state index contributed by atoms with van der Waals surface area (Å²) < 4.78 is 19.4. The zero-order valence-electron chi connectivity index (χ0n) is 10.7. The second kappa shape index (κ2) is 6.66. The largest absolute Gasteiger partial charge is 0.486 e. The van der Waals surface area contributed by atoms with Gasteiger partial charge in [-0.15, -0.1) is 11.6 Å². The van der Waals surface area contributed by atoms with Gasteiger partial charge in [0.15, 0.2) is 11.6 Å². The highest BCUT2D eigenvalue weighted by Crippen LogP contribution is 2.27. The van der Waals surface area contributed by atoms with E-state index in [2.05, 4.69) is 0 Å². The van der Waals surface area contributed by atoms with E-state index in [9.17, 15) is 4.39 Å². The lowest BCUT2D eigenvalue weighted by Gasteiger charge is -2.12.